The van der Waals surface area contributed by atoms with Crippen molar-refractivity contribution < 1.29 is 8.42 Å². The van der Waals surface area contributed by atoms with Gasteiger partial charge in [0.05, 0.1) is 17.0 Å². The number of benzene rings is 2. The van der Waals surface area contributed by atoms with Gasteiger partial charge in [-0.3, -0.25) is 0 Å². The molecule has 0 aromatic heterocycles. The van der Waals surface area contributed by atoms with E-state index in [9.17, 15) is 8.42 Å². The minimum atomic E-state index is -3.96. The number of nitrogens with zero attached hydrogens (tertiary/aromatic N) is 3. The fraction of sp³-hybridized carbons (Fsp3) is 0.143. The summed E-state index contributed by atoms with van der Waals surface area (Å²) in [5.41, 5.74) is 0. The lowest BCUT2D eigenvalue weighted by molar-refractivity contribution is 0.479. The first kappa shape index (κ1) is 16.5. The molecule has 22 heavy (non-hydrogen) atoms. The molecule has 2 rings (SSSR count). The Labute approximate surface area is 137 Å². The lowest BCUT2D eigenvalue weighted by Gasteiger charge is -2.16. The Kier molecular flexibility index (Phi) is 4.90. The largest absolute Gasteiger partial charge is 0.244 e. The van der Waals surface area contributed by atoms with Crippen LogP contribution in [-0.4, -0.2) is 25.8 Å². The molecule has 0 saturated heterocycles. The molecule has 5 nitrogen and oxygen atoms in total. The summed E-state index contributed by atoms with van der Waals surface area (Å²) in [7, 11) is -3.96. The number of hydrogen-bond donors (Lipinski definition) is 0. The van der Waals surface area contributed by atoms with Gasteiger partial charge in [0.2, 0.25) is 10.0 Å². The molecule has 0 heterocycles. The molecule has 2 aromatic carbocycles. The van der Waals surface area contributed by atoms with Crippen LogP contribution in [0.15, 0.2) is 35.2 Å². The van der Waals surface area contributed by atoms with Crippen LogP contribution in [0.3, 0.4) is 0 Å². The summed E-state index contributed by atoms with van der Waals surface area (Å²) in [5, 5.41) is 19.4. The Morgan fingerprint density at radius 1 is 0.955 bits per heavy atom. The van der Waals surface area contributed by atoms with E-state index < -0.39 is 23.1 Å². The predicted molar refractivity (Wildman–Crippen MR) is 84.0 cm³/mol. The Bertz CT molecular complexity index is 898. The molecular weight excluding hydrogens is 345 g/mol. The van der Waals surface area contributed by atoms with Gasteiger partial charge in [0, 0.05) is 20.8 Å². The predicted octanol–water partition coefficient (Wildman–Crippen LogP) is 3.18. The van der Waals surface area contributed by atoms with Gasteiger partial charge in [0.25, 0.3) is 0 Å². The molecule has 0 spiro atoms. The zero-order valence-corrected chi connectivity index (χ0v) is 13.5. The van der Waals surface area contributed by atoms with Gasteiger partial charge < -0.3 is 0 Å². The Hall–Kier alpha value is -1.83. The number of nitriles is 2. The molecule has 0 N–H and O–H groups in total. The van der Waals surface area contributed by atoms with Crippen molar-refractivity contribution in [2.75, 3.05) is 13.1 Å². The van der Waals surface area contributed by atoms with Crippen molar-refractivity contribution in [1.82, 2.24) is 4.31 Å². The zero-order valence-electron chi connectivity index (χ0n) is 11.1. The highest BCUT2D eigenvalue weighted by Gasteiger charge is 2.24. The van der Waals surface area contributed by atoms with Crippen LogP contribution in [0.4, 0.5) is 0 Å². The molecule has 8 heteroatoms. The number of fused-ring (bicyclic) bond motifs is 1. The summed E-state index contributed by atoms with van der Waals surface area (Å²) in [5.74, 6) is 0. The summed E-state index contributed by atoms with van der Waals surface area (Å²) in [6.07, 6.45) is 0. The second-order valence-corrected chi connectivity index (χ2v) is 7.08. The van der Waals surface area contributed by atoms with Crippen LogP contribution in [0.25, 0.3) is 10.8 Å². The fourth-order valence-corrected chi connectivity index (χ4v) is 3.66. The van der Waals surface area contributed by atoms with Gasteiger partial charge in [0.15, 0.2) is 0 Å². The third kappa shape index (κ3) is 3.01. The molecule has 0 fully saturated rings. The van der Waals surface area contributed by atoms with Crippen LogP contribution in [0.2, 0.25) is 10.0 Å². The molecule has 0 aliphatic rings. The first-order chi connectivity index (χ1) is 10.4. The molecule has 0 radical (unpaired) electrons. The molecular formula is C14H9Cl2N3O2S. The Balaban J connectivity index is 2.62. The van der Waals surface area contributed by atoms with Gasteiger partial charge in [-0.05, 0) is 24.3 Å². The van der Waals surface area contributed by atoms with Gasteiger partial charge in [0.1, 0.15) is 13.1 Å². The lowest BCUT2D eigenvalue weighted by Crippen LogP contribution is -2.31. The second-order valence-electron chi connectivity index (χ2n) is 4.33. The molecule has 0 aliphatic heterocycles. The summed E-state index contributed by atoms with van der Waals surface area (Å²) in [6, 6.07) is 11.0. The zero-order chi connectivity index (χ0) is 16.3. The summed E-state index contributed by atoms with van der Waals surface area (Å²) < 4.78 is 25.8. The van der Waals surface area contributed by atoms with Crippen molar-refractivity contribution in [3.8, 4) is 12.1 Å². The number of sulfonamides is 1. The highest BCUT2D eigenvalue weighted by molar-refractivity contribution is 7.89. The second kappa shape index (κ2) is 6.51. The molecule has 0 atom stereocenters. The number of rotatable bonds is 4. The van der Waals surface area contributed by atoms with E-state index in [1.807, 2.05) is 0 Å². The van der Waals surface area contributed by atoms with E-state index in [-0.39, 0.29) is 4.90 Å². The SMILES string of the molecule is N#CCN(CC#N)S(=O)(=O)c1ccc2c(Cl)ccc(Cl)c2c1. The van der Waals surface area contributed by atoms with Gasteiger partial charge in [-0.25, -0.2) is 8.42 Å². The van der Waals surface area contributed by atoms with Crippen LogP contribution in [0, 0.1) is 22.7 Å². The maximum Gasteiger partial charge on any atom is 0.244 e. The summed E-state index contributed by atoms with van der Waals surface area (Å²) in [6.45, 7) is -0.811. The Morgan fingerprint density at radius 2 is 1.50 bits per heavy atom. The normalized spacial score (nSPS) is 11.3. The average molecular weight is 354 g/mol. The standard InChI is InChI=1S/C14H9Cl2N3O2S/c15-13-3-4-14(16)12-9-10(1-2-11(12)13)22(20,21)19(7-5-17)8-6-18/h1-4,9H,7-8H2. The molecule has 0 bridgehead atoms. The van der Waals surface area contributed by atoms with E-state index in [2.05, 4.69) is 0 Å². The first-order valence-corrected chi connectivity index (χ1v) is 8.23. The average Bonchev–Trinajstić information content (AvgIpc) is 2.50. The third-order valence-corrected chi connectivity index (χ3v) is 5.46. The molecule has 0 saturated carbocycles. The molecule has 2 aromatic rings. The quantitative estimate of drug-likeness (QED) is 0.790. The molecule has 0 amide bonds. The van der Waals surface area contributed by atoms with Crippen LogP contribution in [-0.2, 0) is 10.0 Å². The number of halogens is 2. The van der Waals surface area contributed by atoms with Crippen molar-refractivity contribution >= 4 is 44.0 Å². The topological polar surface area (TPSA) is 85.0 Å². The minimum Gasteiger partial charge on any atom is -0.207 e. The highest BCUT2D eigenvalue weighted by Crippen LogP contribution is 2.32. The van der Waals surface area contributed by atoms with Crippen molar-refractivity contribution in [2.24, 2.45) is 0 Å². The van der Waals surface area contributed by atoms with Crippen molar-refractivity contribution in [1.29, 1.82) is 10.5 Å². The van der Waals surface area contributed by atoms with E-state index in [4.69, 9.17) is 33.7 Å². The lowest BCUT2D eigenvalue weighted by atomic mass is 10.1. The smallest absolute Gasteiger partial charge is 0.207 e. The van der Waals surface area contributed by atoms with Crippen molar-refractivity contribution in [2.45, 2.75) is 4.90 Å². The number of hydrogen-bond acceptors (Lipinski definition) is 4. The molecule has 0 unspecified atom stereocenters. The first-order valence-electron chi connectivity index (χ1n) is 6.03. The molecule has 0 aliphatic carbocycles. The minimum absolute atomic E-state index is 0.0466. The van der Waals surface area contributed by atoms with E-state index in [1.165, 1.54) is 12.1 Å². The van der Waals surface area contributed by atoms with E-state index in [0.29, 0.717) is 20.8 Å². The van der Waals surface area contributed by atoms with E-state index in [0.717, 1.165) is 4.31 Å². The fourth-order valence-electron chi connectivity index (χ4n) is 1.95. The highest BCUT2D eigenvalue weighted by atomic mass is 35.5. The van der Waals surface area contributed by atoms with Gasteiger partial charge in [-0.2, -0.15) is 14.8 Å². The van der Waals surface area contributed by atoms with Gasteiger partial charge in [-0.1, -0.05) is 29.3 Å². The monoisotopic (exact) mass is 353 g/mol. The Morgan fingerprint density at radius 3 is 2.05 bits per heavy atom. The summed E-state index contributed by atoms with van der Waals surface area (Å²) in [4.78, 5) is -0.0466. The van der Waals surface area contributed by atoms with Crippen LogP contribution in [0.5, 0.6) is 0 Å². The van der Waals surface area contributed by atoms with E-state index >= 15 is 0 Å². The third-order valence-electron chi connectivity index (χ3n) is 3.01. The van der Waals surface area contributed by atoms with Gasteiger partial charge in [-0.15, -0.1) is 0 Å². The van der Waals surface area contributed by atoms with Crippen LogP contribution < -0.4 is 0 Å². The van der Waals surface area contributed by atoms with Crippen LogP contribution in [0.1, 0.15) is 0 Å². The van der Waals surface area contributed by atoms with Crippen LogP contribution >= 0.6 is 23.2 Å². The van der Waals surface area contributed by atoms with Gasteiger partial charge >= 0.3 is 0 Å². The van der Waals surface area contributed by atoms with Crippen molar-refractivity contribution in [3.63, 3.8) is 0 Å². The summed E-state index contributed by atoms with van der Waals surface area (Å²) >= 11 is 12.1. The maximum atomic E-state index is 12.5. The molecule has 112 valence electrons. The van der Waals surface area contributed by atoms with E-state index in [1.54, 1.807) is 30.3 Å². The maximum absolute atomic E-state index is 12.5. The van der Waals surface area contributed by atoms with Crippen molar-refractivity contribution in [3.05, 3.63) is 40.4 Å².